The van der Waals surface area contributed by atoms with E-state index in [4.69, 9.17) is 19.3 Å². The minimum atomic E-state index is -4.08. The molecule has 1 aliphatic heterocycles. The smallest absolute Gasteiger partial charge is 0.340 e. The molecule has 1 saturated heterocycles. The molecule has 0 bridgehead atoms. The van der Waals surface area contributed by atoms with Crippen LogP contribution in [0.4, 0.5) is 5.69 Å². The van der Waals surface area contributed by atoms with E-state index in [-0.39, 0.29) is 28.9 Å². The number of anilines is 1. The van der Waals surface area contributed by atoms with Crippen molar-refractivity contribution in [3.05, 3.63) is 17.7 Å². The monoisotopic (exact) mass is 346 g/mol. The zero-order chi connectivity index (χ0) is 17.0. The van der Waals surface area contributed by atoms with Gasteiger partial charge in [-0.25, -0.2) is 9.93 Å². The van der Waals surface area contributed by atoms with Gasteiger partial charge in [0, 0.05) is 18.6 Å². The second kappa shape index (κ2) is 7.02. The molecule has 0 aliphatic carbocycles. The van der Waals surface area contributed by atoms with Crippen LogP contribution in [0.25, 0.3) is 0 Å². The maximum atomic E-state index is 11.9. The Morgan fingerprint density at radius 3 is 2.61 bits per heavy atom. The summed E-state index contributed by atoms with van der Waals surface area (Å²) >= 11 is 0. The highest BCUT2D eigenvalue weighted by molar-refractivity contribution is 7.90. The van der Waals surface area contributed by atoms with Gasteiger partial charge in [-0.3, -0.25) is 4.72 Å². The van der Waals surface area contributed by atoms with Crippen molar-refractivity contribution in [3.63, 3.8) is 0 Å². The molecule has 0 saturated carbocycles. The Balaban J connectivity index is 2.44. The van der Waals surface area contributed by atoms with Crippen molar-refractivity contribution in [1.82, 2.24) is 0 Å². The molecule has 23 heavy (non-hydrogen) atoms. The van der Waals surface area contributed by atoms with Crippen molar-refractivity contribution in [2.24, 2.45) is 5.14 Å². The highest BCUT2D eigenvalue weighted by Crippen LogP contribution is 2.35. The lowest BCUT2D eigenvalue weighted by Crippen LogP contribution is -2.23. The molecule has 3 N–H and O–H groups in total. The summed E-state index contributed by atoms with van der Waals surface area (Å²) in [5.74, 6) is -0.217. The Morgan fingerprint density at radius 1 is 1.35 bits per heavy atom. The quantitative estimate of drug-likeness (QED) is 0.708. The fourth-order valence-electron chi connectivity index (χ4n) is 2.11. The maximum absolute atomic E-state index is 11.9. The van der Waals surface area contributed by atoms with Gasteiger partial charge in [0.1, 0.15) is 6.10 Å². The predicted molar refractivity (Wildman–Crippen MR) is 80.9 cm³/mol. The Kier molecular flexibility index (Phi) is 5.29. The van der Waals surface area contributed by atoms with Crippen molar-refractivity contribution in [2.75, 3.05) is 32.2 Å². The number of hydrogen-bond donors (Lipinski definition) is 2. The SMILES string of the molecule is COC(=O)c1cc(O[C@H]2CCOC2)c(OC)cc1NS(N)(=O)=O. The number of carbonyl (C=O) groups excluding carboxylic acids is 1. The van der Waals surface area contributed by atoms with E-state index < -0.39 is 16.2 Å². The van der Waals surface area contributed by atoms with Gasteiger partial charge >= 0.3 is 5.97 Å². The van der Waals surface area contributed by atoms with Crippen LogP contribution in [0.3, 0.4) is 0 Å². The van der Waals surface area contributed by atoms with Gasteiger partial charge < -0.3 is 18.9 Å². The molecule has 1 aliphatic rings. The minimum absolute atomic E-state index is 0.0451. The van der Waals surface area contributed by atoms with Gasteiger partial charge in [0.05, 0.1) is 38.7 Å². The molecule has 0 aromatic heterocycles. The predicted octanol–water partition coefficient (Wildman–Crippen LogP) is 0.265. The lowest BCUT2D eigenvalue weighted by atomic mass is 10.1. The topological polar surface area (TPSA) is 126 Å². The summed E-state index contributed by atoms with van der Waals surface area (Å²) in [5, 5.41) is 4.96. The molecule has 1 atom stereocenters. The van der Waals surface area contributed by atoms with Gasteiger partial charge in [-0.2, -0.15) is 8.42 Å². The molecular weight excluding hydrogens is 328 g/mol. The first-order chi connectivity index (χ1) is 10.8. The minimum Gasteiger partial charge on any atom is -0.493 e. The van der Waals surface area contributed by atoms with E-state index in [1.165, 1.54) is 26.4 Å². The molecular formula is C13H18N2O7S. The van der Waals surface area contributed by atoms with E-state index in [1.54, 1.807) is 0 Å². The van der Waals surface area contributed by atoms with Crippen LogP contribution in [-0.2, 0) is 19.7 Å². The van der Waals surface area contributed by atoms with Crippen LogP contribution in [-0.4, -0.2) is 47.9 Å². The average Bonchev–Trinajstić information content (AvgIpc) is 2.99. The second-order valence-electron chi connectivity index (χ2n) is 4.79. The zero-order valence-corrected chi connectivity index (χ0v) is 13.5. The summed E-state index contributed by atoms with van der Waals surface area (Å²) in [6.07, 6.45) is 0.528. The van der Waals surface area contributed by atoms with E-state index in [0.717, 1.165) is 0 Å². The van der Waals surface area contributed by atoms with Crippen LogP contribution in [0, 0.1) is 0 Å². The summed E-state index contributed by atoms with van der Waals surface area (Å²) in [5.41, 5.74) is -0.109. The summed E-state index contributed by atoms with van der Waals surface area (Å²) in [7, 11) is -1.50. The Hall–Kier alpha value is -2.04. The number of nitrogens with one attached hydrogen (secondary N) is 1. The lowest BCUT2D eigenvalue weighted by molar-refractivity contribution is 0.0601. The highest BCUT2D eigenvalue weighted by atomic mass is 32.2. The van der Waals surface area contributed by atoms with Gasteiger partial charge in [-0.15, -0.1) is 0 Å². The van der Waals surface area contributed by atoms with Crippen molar-refractivity contribution in [3.8, 4) is 11.5 Å². The van der Waals surface area contributed by atoms with E-state index in [2.05, 4.69) is 4.74 Å². The number of nitrogens with two attached hydrogens (primary N) is 1. The Morgan fingerprint density at radius 2 is 2.09 bits per heavy atom. The maximum Gasteiger partial charge on any atom is 0.340 e. The van der Waals surface area contributed by atoms with Crippen LogP contribution in [0.1, 0.15) is 16.8 Å². The number of carbonyl (C=O) groups is 1. The molecule has 128 valence electrons. The van der Waals surface area contributed by atoms with Crippen molar-refractivity contribution in [2.45, 2.75) is 12.5 Å². The summed E-state index contributed by atoms with van der Waals surface area (Å²) in [4.78, 5) is 11.9. The van der Waals surface area contributed by atoms with Crippen LogP contribution in [0.2, 0.25) is 0 Å². The average molecular weight is 346 g/mol. The Bertz CT molecular complexity index is 684. The second-order valence-corrected chi connectivity index (χ2v) is 6.08. The molecule has 1 aromatic carbocycles. The first-order valence-corrected chi connectivity index (χ1v) is 8.24. The summed E-state index contributed by atoms with van der Waals surface area (Å²) < 4.78 is 45.4. The third-order valence-electron chi connectivity index (χ3n) is 3.14. The number of rotatable bonds is 6. The normalized spacial score (nSPS) is 17.6. The molecule has 10 heteroatoms. The van der Waals surface area contributed by atoms with E-state index in [0.29, 0.717) is 19.6 Å². The molecule has 0 radical (unpaired) electrons. The van der Waals surface area contributed by atoms with Gasteiger partial charge in [0.25, 0.3) is 10.2 Å². The molecule has 9 nitrogen and oxygen atoms in total. The highest BCUT2D eigenvalue weighted by Gasteiger charge is 2.23. The Labute approximate surface area is 133 Å². The fraction of sp³-hybridized carbons (Fsp3) is 0.462. The number of methoxy groups -OCH3 is 2. The first-order valence-electron chi connectivity index (χ1n) is 6.69. The molecule has 1 fully saturated rings. The molecule has 0 spiro atoms. The summed E-state index contributed by atoms with van der Waals surface area (Å²) in [6, 6.07) is 2.65. The first kappa shape index (κ1) is 17.3. The molecule has 0 amide bonds. The number of hydrogen-bond acceptors (Lipinski definition) is 7. The van der Waals surface area contributed by atoms with Crippen LogP contribution >= 0.6 is 0 Å². The zero-order valence-electron chi connectivity index (χ0n) is 12.7. The van der Waals surface area contributed by atoms with Crippen LogP contribution < -0.4 is 19.3 Å². The van der Waals surface area contributed by atoms with E-state index in [1.807, 2.05) is 4.72 Å². The molecule has 0 unspecified atom stereocenters. The van der Waals surface area contributed by atoms with Gasteiger partial charge in [-0.05, 0) is 0 Å². The third-order valence-corrected chi connectivity index (χ3v) is 3.65. The molecule has 1 aromatic rings. The van der Waals surface area contributed by atoms with Crippen LogP contribution in [0.15, 0.2) is 12.1 Å². The van der Waals surface area contributed by atoms with Gasteiger partial charge in [0.15, 0.2) is 11.5 Å². The largest absolute Gasteiger partial charge is 0.493 e. The number of esters is 1. The molecule has 1 heterocycles. The van der Waals surface area contributed by atoms with E-state index >= 15 is 0 Å². The number of ether oxygens (including phenoxy) is 4. The van der Waals surface area contributed by atoms with E-state index in [9.17, 15) is 13.2 Å². The fourth-order valence-corrected chi connectivity index (χ4v) is 2.59. The van der Waals surface area contributed by atoms with Crippen molar-refractivity contribution >= 4 is 21.9 Å². The summed E-state index contributed by atoms with van der Waals surface area (Å²) in [6.45, 7) is 1.01. The number of benzene rings is 1. The van der Waals surface area contributed by atoms with Crippen molar-refractivity contribution < 1.29 is 32.2 Å². The van der Waals surface area contributed by atoms with Gasteiger partial charge in [0.2, 0.25) is 0 Å². The third kappa shape index (κ3) is 4.47. The van der Waals surface area contributed by atoms with Crippen molar-refractivity contribution in [1.29, 1.82) is 0 Å². The molecule has 2 rings (SSSR count). The standard InChI is InChI=1S/C13H18N2O7S/c1-19-11-6-10(15-23(14,17)18)9(13(16)20-2)5-12(11)22-8-3-4-21-7-8/h5-6,8,15H,3-4,7H2,1-2H3,(H2,14,17,18)/t8-/m0/s1. The van der Waals surface area contributed by atoms with Crippen LogP contribution in [0.5, 0.6) is 11.5 Å². The lowest BCUT2D eigenvalue weighted by Gasteiger charge is -2.18. The van der Waals surface area contributed by atoms with Gasteiger partial charge in [-0.1, -0.05) is 0 Å².